The molecule has 1 saturated carbocycles. The van der Waals surface area contributed by atoms with Crippen molar-refractivity contribution in [1.29, 1.82) is 0 Å². The zero-order valence-electron chi connectivity index (χ0n) is 12.6. The molecule has 0 atom stereocenters. The number of carbonyl (C=O) groups excluding carboxylic acids is 1. The van der Waals surface area contributed by atoms with Gasteiger partial charge in [0.2, 0.25) is 0 Å². The normalized spacial score (nSPS) is 17.1. The van der Waals surface area contributed by atoms with Crippen LogP contribution in [-0.2, 0) is 6.54 Å². The number of phenolic OH excluding ortho intramolecular Hbond substituents is 1. The van der Waals surface area contributed by atoms with Crippen LogP contribution in [0.2, 0.25) is 0 Å². The van der Waals surface area contributed by atoms with Crippen LogP contribution in [0.3, 0.4) is 0 Å². The molecule has 3 nitrogen and oxygen atoms in total. The van der Waals surface area contributed by atoms with Crippen molar-refractivity contribution in [2.45, 2.75) is 58.0 Å². The van der Waals surface area contributed by atoms with Crippen LogP contribution in [-0.4, -0.2) is 28.9 Å². The third kappa shape index (κ3) is 3.83. The minimum Gasteiger partial charge on any atom is -0.508 e. The van der Waals surface area contributed by atoms with Crippen molar-refractivity contribution >= 4 is 5.78 Å². The smallest absolute Gasteiger partial charge is 0.159 e. The molecule has 0 heterocycles. The fourth-order valence-electron chi connectivity index (χ4n) is 3.03. The van der Waals surface area contributed by atoms with Gasteiger partial charge in [0.1, 0.15) is 5.75 Å². The summed E-state index contributed by atoms with van der Waals surface area (Å²) in [5.41, 5.74) is 1.52. The van der Waals surface area contributed by atoms with Crippen LogP contribution in [0.5, 0.6) is 5.75 Å². The summed E-state index contributed by atoms with van der Waals surface area (Å²) in [5.74, 6) is 0.332. The molecule has 0 bridgehead atoms. The van der Waals surface area contributed by atoms with E-state index in [1.807, 2.05) is 6.07 Å². The molecule has 20 heavy (non-hydrogen) atoms. The predicted molar refractivity (Wildman–Crippen MR) is 81.1 cm³/mol. The number of hydrogen-bond donors (Lipinski definition) is 1. The van der Waals surface area contributed by atoms with Crippen LogP contribution < -0.4 is 0 Å². The second-order valence-corrected chi connectivity index (χ2v) is 5.96. The first-order valence-electron chi connectivity index (χ1n) is 7.61. The van der Waals surface area contributed by atoms with Gasteiger partial charge in [-0.1, -0.05) is 25.7 Å². The van der Waals surface area contributed by atoms with Crippen LogP contribution in [0, 0.1) is 0 Å². The summed E-state index contributed by atoms with van der Waals surface area (Å²) in [5, 5.41) is 9.98. The molecule has 3 heteroatoms. The molecule has 110 valence electrons. The number of phenols is 1. The number of aromatic hydroxyl groups is 1. The molecule has 1 aromatic rings. The Labute approximate surface area is 121 Å². The van der Waals surface area contributed by atoms with Crippen LogP contribution in [0.25, 0.3) is 0 Å². The molecule has 0 unspecified atom stereocenters. The molecule has 0 spiro atoms. The molecule has 1 aromatic carbocycles. The van der Waals surface area contributed by atoms with Crippen molar-refractivity contribution in [2.75, 3.05) is 7.05 Å². The quantitative estimate of drug-likeness (QED) is 0.672. The maximum Gasteiger partial charge on any atom is 0.159 e. The fourth-order valence-corrected chi connectivity index (χ4v) is 3.03. The standard InChI is InChI=1S/C17H25NO2/c1-13(19)14-9-10-17(20)15(11-14)12-18(2)16-7-5-3-4-6-8-16/h9-11,16,20H,3-8,12H2,1-2H3. The average molecular weight is 275 g/mol. The lowest BCUT2D eigenvalue weighted by Crippen LogP contribution is -2.30. The number of Topliss-reactive ketones (excluding diaryl/α,β-unsaturated/α-hetero) is 1. The highest BCUT2D eigenvalue weighted by molar-refractivity contribution is 5.94. The Kier molecular flexibility index (Phi) is 5.18. The molecule has 0 saturated heterocycles. The molecule has 2 rings (SSSR count). The summed E-state index contributed by atoms with van der Waals surface area (Å²) < 4.78 is 0. The average Bonchev–Trinajstić information content (AvgIpc) is 2.70. The molecule has 1 N–H and O–H groups in total. The van der Waals surface area contributed by atoms with Crippen LogP contribution in [0.1, 0.15) is 61.4 Å². The highest BCUT2D eigenvalue weighted by atomic mass is 16.3. The summed E-state index contributed by atoms with van der Waals surface area (Å²) in [4.78, 5) is 13.8. The number of rotatable bonds is 4. The summed E-state index contributed by atoms with van der Waals surface area (Å²) >= 11 is 0. The molecular weight excluding hydrogens is 250 g/mol. The SMILES string of the molecule is CC(=O)c1ccc(O)c(CN(C)C2CCCCCC2)c1. The van der Waals surface area contributed by atoms with Gasteiger partial charge in [-0.3, -0.25) is 9.69 Å². The molecule has 1 fully saturated rings. The largest absolute Gasteiger partial charge is 0.508 e. The number of nitrogens with zero attached hydrogens (tertiary/aromatic N) is 1. The van der Waals surface area contributed by atoms with E-state index in [9.17, 15) is 9.90 Å². The van der Waals surface area contributed by atoms with E-state index in [-0.39, 0.29) is 11.5 Å². The zero-order valence-corrected chi connectivity index (χ0v) is 12.6. The maximum absolute atomic E-state index is 11.4. The minimum atomic E-state index is 0.0448. The zero-order chi connectivity index (χ0) is 14.5. The van der Waals surface area contributed by atoms with E-state index in [1.54, 1.807) is 19.1 Å². The molecule has 0 amide bonds. The molecule has 1 aliphatic carbocycles. The van der Waals surface area contributed by atoms with Gasteiger partial charge in [0.05, 0.1) is 0 Å². The lowest BCUT2D eigenvalue weighted by atomic mass is 10.0. The van der Waals surface area contributed by atoms with Crippen molar-refractivity contribution in [1.82, 2.24) is 4.90 Å². The predicted octanol–water partition coefficient (Wildman–Crippen LogP) is 3.75. The van der Waals surface area contributed by atoms with E-state index in [1.165, 1.54) is 38.5 Å². The first kappa shape index (κ1) is 15.0. The van der Waals surface area contributed by atoms with Crippen LogP contribution in [0.4, 0.5) is 0 Å². The summed E-state index contributed by atoms with van der Waals surface area (Å²) in [6, 6.07) is 5.74. The molecule has 0 aromatic heterocycles. The van der Waals surface area contributed by atoms with Crippen molar-refractivity contribution < 1.29 is 9.90 Å². The molecular formula is C17H25NO2. The summed E-state index contributed by atoms with van der Waals surface area (Å²) in [7, 11) is 2.12. The number of ketones is 1. The Bertz CT molecular complexity index is 462. The van der Waals surface area contributed by atoms with Crippen LogP contribution >= 0.6 is 0 Å². The van der Waals surface area contributed by atoms with E-state index in [0.29, 0.717) is 18.2 Å². The monoisotopic (exact) mass is 275 g/mol. The topological polar surface area (TPSA) is 40.5 Å². The van der Waals surface area contributed by atoms with Crippen LogP contribution in [0.15, 0.2) is 18.2 Å². The number of benzene rings is 1. The molecule has 1 aliphatic rings. The van der Waals surface area contributed by atoms with Gasteiger partial charge in [0.25, 0.3) is 0 Å². The lowest BCUT2D eigenvalue weighted by Gasteiger charge is -2.27. The van der Waals surface area contributed by atoms with E-state index in [0.717, 1.165) is 5.56 Å². The Morgan fingerprint density at radius 1 is 1.25 bits per heavy atom. The van der Waals surface area contributed by atoms with Gasteiger partial charge in [-0.05, 0) is 45.0 Å². The second kappa shape index (κ2) is 6.89. The Hall–Kier alpha value is -1.35. The minimum absolute atomic E-state index is 0.0448. The Morgan fingerprint density at radius 3 is 2.50 bits per heavy atom. The summed E-state index contributed by atoms with van der Waals surface area (Å²) in [6.07, 6.45) is 7.76. The number of hydrogen-bond acceptors (Lipinski definition) is 3. The maximum atomic E-state index is 11.4. The summed E-state index contributed by atoms with van der Waals surface area (Å²) in [6.45, 7) is 2.27. The van der Waals surface area contributed by atoms with Crippen molar-refractivity contribution in [2.24, 2.45) is 0 Å². The van der Waals surface area contributed by atoms with Gasteiger partial charge < -0.3 is 5.11 Å². The van der Waals surface area contributed by atoms with Gasteiger partial charge in [-0.25, -0.2) is 0 Å². The molecule has 0 aliphatic heterocycles. The van der Waals surface area contributed by atoms with Gasteiger partial charge >= 0.3 is 0 Å². The van der Waals surface area contributed by atoms with E-state index in [4.69, 9.17) is 0 Å². The third-order valence-corrected chi connectivity index (χ3v) is 4.35. The number of carbonyl (C=O) groups is 1. The highest BCUT2D eigenvalue weighted by Crippen LogP contribution is 2.25. The Morgan fingerprint density at radius 2 is 1.90 bits per heavy atom. The third-order valence-electron chi connectivity index (χ3n) is 4.35. The lowest BCUT2D eigenvalue weighted by molar-refractivity contribution is 0.101. The van der Waals surface area contributed by atoms with Crippen molar-refractivity contribution in [3.8, 4) is 5.75 Å². The van der Waals surface area contributed by atoms with E-state index < -0.39 is 0 Å². The van der Waals surface area contributed by atoms with Gasteiger partial charge in [-0.2, -0.15) is 0 Å². The molecule has 0 radical (unpaired) electrons. The van der Waals surface area contributed by atoms with Gasteiger partial charge in [-0.15, -0.1) is 0 Å². The highest BCUT2D eigenvalue weighted by Gasteiger charge is 2.18. The van der Waals surface area contributed by atoms with Crippen molar-refractivity contribution in [3.63, 3.8) is 0 Å². The van der Waals surface area contributed by atoms with E-state index in [2.05, 4.69) is 11.9 Å². The fraction of sp³-hybridized carbons (Fsp3) is 0.588. The van der Waals surface area contributed by atoms with Crippen molar-refractivity contribution in [3.05, 3.63) is 29.3 Å². The Balaban J connectivity index is 2.07. The first-order chi connectivity index (χ1) is 9.58. The van der Waals surface area contributed by atoms with Gasteiger partial charge in [0.15, 0.2) is 5.78 Å². The van der Waals surface area contributed by atoms with E-state index >= 15 is 0 Å². The first-order valence-corrected chi connectivity index (χ1v) is 7.61. The van der Waals surface area contributed by atoms with Gasteiger partial charge in [0, 0.05) is 23.7 Å². The second-order valence-electron chi connectivity index (χ2n) is 5.96.